The van der Waals surface area contributed by atoms with Gasteiger partial charge in [-0.05, 0) is 60.7 Å². The maximum atomic E-state index is 13.4. The Bertz CT molecular complexity index is 861. The van der Waals surface area contributed by atoms with Gasteiger partial charge in [0.1, 0.15) is 5.82 Å². The summed E-state index contributed by atoms with van der Waals surface area (Å²) in [6, 6.07) is 15.0. The van der Waals surface area contributed by atoms with Crippen LogP contribution >= 0.6 is 0 Å². The molecular weight excluding hydrogens is 285 g/mol. The predicted molar refractivity (Wildman–Crippen MR) is 93.5 cm³/mol. The van der Waals surface area contributed by atoms with Crippen molar-refractivity contribution in [2.75, 3.05) is 0 Å². The minimum absolute atomic E-state index is 0.232. The van der Waals surface area contributed by atoms with Crippen LogP contribution in [0.25, 0.3) is 22.0 Å². The van der Waals surface area contributed by atoms with Gasteiger partial charge in [0.15, 0.2) is 0 Å². The number of aryl methyl sites for hydroxylation is 1. The number of nitrogens with zero attached hydrogens (tertiary/aromatic N) is 1. The average Bonchev–Trinajstić information content (AvgIpc) is 2.58. The van der Waals surface area contributed by atoms with Gasteiger partial charge in [0.2, 0.25) is 0 Å². The highest BCUT2D eigenvalue weighted by Crippen LogP contribution is 2.24. The van der Waals surface area contributed by atoms with Crippen LogP contribution in [0, 0.1) is 18.2 Å². The van der Waals surface area contributed by atoms with E-state index < -0.39 is 0 Å². The van der Waals surface area contributed by atoms with Crippen molar-refractivity contribution in [1.29, 1.82) is 0 Å². The number of terminal acetylenes is 1. The number of fused-ring (bicyclic) bond motifs is 1. The van der Waals surface area contributed by atoms with E-state index in [0.717, 1.165) is 47.7 Å². The van der Waals surface area contributed by atoms with Gasteiger partial charge in [-0.25, -0.2) is 4.39 Å². The standard InChI is InChI=1S/C21H18FN/c1-2-3-4-5-7-16-10-11-21-18(12-16)13-19(15-23-21)17-8-6-9-20(22)14-17/h1,6,8-15H,3-5,7H2. The third-order valence-corrected chi connectivity index (χ3v) is 3.94. The van der Waals surface area contributed by atoms with Crippen LogP contribution in [0.2, 0.25) is 0 Å². The zero-order chi connectivity index (χ0) is 16.1. The van der Waals surface area contributed by atoms with Crippen LogP contribution in [0.3, 0.4) is 0 Å². The van der Waals surface area contributed by atoms with Gasteiger partial charge in [-0.1, -0.05) is 18.2 Å². The molecule has 0 amide bonds. The predicted octanol–water partition coefficient (Wildman–Crippen LogP) is 5.39. The van der Waals surface area contributed by atoms with E-state index in [1.165, 1.54) is 17.7 Å². The van der Waals surface area contributed by atoms with Gasteiger partial charge in [0.25, 0.3) is 0 Å². The van der Waals surface area contributed by atoms with E-state index in [4.69, 9.17) is 6.42 Å². The number of aromatic nitrogens is 1. The Labute approximate surface area is 136 Å². The van der Waals surface area contributed by atoms with E-state index in [-0.39, 0.29) is 5.82 Å². The molecule has 1 heterocycles. The molecule has 0 unspecified atom stereocenters. The molecule has 2 heteroatoms. The zero-order valence-corrected chi connectivity index (χ0v) is 12.9. The quantitative estimate of drug-likeness (QED) is 0.455. The first-order chi connectivity index (χ1) is 11.3. The lowest BCUT2D eigenvalue weighted by molar-refractivity contribution is 0.628. The summed E-state index contributed by atoms with van der Waals surface area (Å²) in [7, 11) is 0. The van der Waals surface area contributed by atoms with Gasteiger partial charge >= 0.3 is 0 Å². The summed E-state index contributed by atoms with van der Waals surface area (Å²) in [4.78, 5) is 4.49. The Morgan fingerprint density at radius 1 is 1.00 bits per heavy atom. The summed E-state index contributed by atoms with van der Waals surface area (Å²) in [5.74, 6) is 2.44. The fraction of sp³-hybridized carbons (Fsp3) is 0.190. The smallest absolute Gasteiger partial charge is 0.123 e. The third kappa shape index (κ3) is 3.76. The fourth-order valence-electron chi connectivity index (χ4n) is 2.72. The molecule has 0 fully saturated rings. The van der Waals surface area contributed by atoms with Crippen molar-refractivity contribution in [3.05, 3.63) is 66.1 Å². The van der Waals surface area contributed by atoms with Crippen LogP contribution in [0.1, 0.15) is 24.8 Å². The minimum Gasteiger partial charge on any atom is -0.256 e. The van der Waals surface area contributed by atoms with E-state index in [2.05, 4.69) is 29.1 Å². The molecule has 23 heavy (non-hydrogen) atoms. The molecule has 0 N–H and O–H groups in total. The maximum Gasteiger partial charge on any atom is 0.123 e. The topological polar surface area (TPSA) is 12.9 Å². The van der Waals surface area contributed by atoms with Crippen LogP contribution in [0.5, 0.6) is 0 Å². The lowest BCUT2D eigenvalue weighted by Gasteiger charge is -2.06. The van der Waals surface area contributed by atoms with Crippen molar-refractivity contribution < 1.29 is 4.39 Å². The Kier molecular flexibility index (Phi) is 4.68. The van der Waals surface area contributed by atoms with Gasteiger partial charge in [-0.15, -0.1) is 12.3 Å². The summed E-state index contributed by atoms with van der Waals surface area (Å²) >= 11 is 0. The first-order valence-electron chi connectivity index (χ1n) is 7.84. The van der Waals surface area contributed by atoms with Gasteiger partial charge in [0.05, 0.1) is 5.52 Å². The zero-order valence-electron chi connectivity index (χ0n) is 12.9. The highest BCUT2D eigenvalue weighted by Gasteiger charge is 2.03. The van der Waals surface area contributed by atoms with Gasteiger partial charge < -0.3 is 0 Å². The first kappa shape index (κ1) is 15.2. The van der Waals surface area contributed by atoms with Crippen molar-refractivity contribution in [2.45, 2.75) is 25.7 Å². The molecule has 0 aliphatic heterocycles. The molecule has 1 aromatic heterocycles. The molecule has 0 spiro atoms. The lowest BCUT2D eigenvalue weighted by atomic mass is 10.0. The molecular formula is C21H18FN. The Morgan fingerprint density at radius 2 is 1.91 bits per heavy atom. The highest BCUT2D eigenvalue weighted by molar-refractivity contribution is 5.84. The van der Waals surface area contributed by atoms with Crippen molar-refractivity contribution in [3.63, 3.8) is 0 Å². The minimum atomic E-state index is -0.232. The number of pyridine rings is 1. The van der Waals surface area contributed by atoms with E-state index in [1.807, 2.05) is 12.1 Å². The van der Waals surface area contributed by atoms with Crippen LogP contribution < -0.4 is 0 Å². The summed E-state index contributed by atoms with van der Waals surface area (Å²) in [6.45, 7) is 0. The van der Waals surface area contributed by atoms with Crippen LogP contribution in [0.4, 0.5) is 4.39 Å². The Balaban J connectivity index is 1.87. The number of rotatable bonds is 5. The van der Waals surface area contributed by atoms with Crippen molar-refractivity contribution in [3.8, 4) is 23.5 Å². The highest BCUT2D eigenvalue weighted by atomic mass is 19.1. The Morgan fingerprint density at radius 3 is 2.74 bits per heavy atom. The number of benzene rings is 2. The monoisotopic (exact) mass is 303 g/mol. The van der Waals surface area contributed by atoms with E-state index in [9.17, 15) is 4.39 Å². The molecule has 3 aromatic rings. The maximum absolute atomic E-state index is 13.4. The summed E-state index contributed by atoms with van der Waals surface area (Å²) in [5.41, 5.74) is 4.02. The second-order valence-electron chi connectivity index (χ2n) is 5.67. The van der Waals surface area contributed by atoms with Gasteiger partial charge in [-0.3, -0.25) is 4.98 Å². The summed E-state index contributed by atoms with van der Waals surface area (Å²) in [6.07, 6.45) is 11.1. The summed E-state index contributed by atoms with van der Waals surface area (Å²) < 4.78 is 13.4. The van der Waals surface area contributed by atoms with Crippen LogP contribution in [0.15, 0.2) is 54.7 Å². The van der Waals surface area contributed by atoms with Gasteiger partial charge in [-0.2, -0.15) is 0 Å². The second kappa shape index (κ2) is 7.07. The molecule has 0 radical (unpaired) electrons. The Hall–Kier alpha value is -2.66. The molecule has 3 rings (SSSR count). The van der Waals surface area contributed by atoms with Crippen molar-refractivity contribution in [2.24, 2.45) is 0 Å². The second-order valence-corrected chi connectivity index (χ2v) is 5.67. The molecule has 114 valence electrons. The molecule has 1 nitrogen and oxygen atoms in total. The van der Waals surface area contributed by atoms with Crippen LogP contribution in [-0.2, 0) is 6.42 Å². The third-order valence-electron chi connectivity index (χ3n) is 3.94. The van der Waals surface area contributed by atoms with Crippen molar-refractivity contribution >= 4 is 10.9 Å². The fourth-order valence-corrected chi connectivity index (χ4v) is 2.72. The van der Waals surface area contributed by atoms with Crippen molar-refractivity contribution in [1.82, 2.24) is 4.98 Å². The lowest BCUT2D eigenvalue weighted by Crippen LogP contribution is -1.88. The molecule has 0 bridgehead atoms. The van der Waals surface area contributed by atoms with E-state index >= 15 is 0 Å². The SMILES string of the molecule is C#CCCCCc1ccc2ncc(-c3cccc(F)c3)cc2c1. The summed E-state index contributed by atoms with van der Waals surface area (Å²) in [5, 5.41) is 1.08. The van der Waals surface area contributed by atoms with Gasteiger partial charge in [0, 0.05) is 23.6 Å². The average molecular weight is 303 g/mol. The van der Waals surface area contributed by atoms with E-state index in [1.54, 1.807) is 12.3 Å². The number of hydrogen-bond donors (Lipinski definition) is 0. The van der Waals surface area contributed by atoms with E-state index in [0.29, 0.717) is 0 Å². The number of hydrogen-bond acceptors (Lipinski definition) is 1. The first-order valence-corrected chi connectivity index (χ1v) is 7.84. The molecule has 0 saturated heterocycles. The molecule has 0 atom stereocenters. The molecule has 2 aromatic carbocycles. The molecule has 0 saturated carbocycles. The number of halogens is 1. The largest absolute Gasteiger partial charge is 0.256 e. The normalized spacial score (nSPS) is 10.6. The molecule has 0 aliphatic carbocycles. The number of unbranched alkanes of at least 4 members (excludes halogenated alkanes) is 2. The van der Waals surface area contributed by atoms with Crippen LogP contribution in [-0.4, -0.2) is 4.98 Å². The molecule has 0 aliphatic rings.